The Morgan fingerprint density at radius 1 is 1.12 bits per heavy atom. The molecule has 0 aliphatic rings. The highest BCUT2D eigenvalue weighted by atomic mass is 32.2. The molecule has 0 spiro atoms. The molecule has 5 aromatic rings. The average molecular weight is 362 g/mol. The highest BCUT2D eigenvalue weighted by Crippen LogP contribution is 2.33. The molecule has 0 fully saturated rings. The second kappa shape index (κ2) is 5.67. The minimum atomic E-state index is 0.719. The summed E-state index contributed by atoms with van der Waals surface area (Å²) in [6, 6.07) is 5.95. The van der Waals surface area contributed by atoms with E-state index in [0.717, 1.165) is 43.6 Å². The van der Waals surface area contributed by atoms with Gasteiger partial charge < -0.3 is 4.98 Å². The van der Waals surface area contributed by atoms with Crippen molar-refractivity contribution in [3.05, 3.63) is 48.7 Å². The maximum Gasteiger partial charge on any atom is 0.217 e. The van der Waals surface area contributed by atoms with Gasteiger partial charge in [0.15, 0.2) is 5.65 Å². The number of H-pyrrole nitrogens is 1. The molecule has 0 aliphatic carbocycles. The van der Waals surface area contributed by atoms with Crippen molar-refractivity contribution in [2.24, 2.45) is 7.05 Å². The van der Waals surface area contributed by atoms with Gasteiger partial charge in [-0.3, -0.25) is 4.68 Å². The summed E-state index contributed by atoms with van der Waals surface area (Å²) >= 11 is 1.51. The molecule has 0 radical (unpaired) electrons. The molecule has 0 unspecified atom stereocenters. The lowest BCUT2D eigenvalue weighted by molar-refractivity contribution is 0.768. The molecule has 9 heteroatoms. The molecule has 5 rings (SSSR count). The second-order valence-corrected chi connectivity index (χ2v) is 7.01. The van der Waals surface area contributed by atoms with Crippen LogP contribution in [0.2, 0.25) is 0 Å². The summed E-state index contributed by atoms with van der Waals surface area (Å²) < 4.78 is 3.54. The van der Waals surface area contributed by atoms with E-state index >= 15 is 0 Å². The van der Waals surface area contributed by atoms with Crippen LogP contribution in [0.4, 0.5) is 0 Å². The van der Waals surface area contributed by atoms with E-state index in [1.807, 2.05) is 50.9 Å². The van der Waals surface area contributed by atoms with Crippen LogP contribution in [0, 0.1) is 6.92 Å². The standard InChI is InChI=1S/C17H14N8S/c1-10-3-4-15-21-22-17(25(15)23-10)26-14-8-19-16-13(14)5-11(6-18-16)12-7-20-24(2)9-12/h3-9H,1-2H3,(H,18,19). The van der Waals surface area contributed by atoms with Gasteiger partial charge in [0.05, 0.1) is 11.9 Å². The summed E-state index contributed by atoms with van der Waals surface area (Å²) in [4.78, 5) is 8.77. The highest BCUT2D eigenvalue weighted by Gasteiger charge is 2.14. The van der Waals surface area contributed by atoms with Gasteiger partial charge >= 0.3 is 0 Å². The first-order valence-corrected chi connectivity index (χ1v) is 8.82. The number of aromatic amines is 1. The van der Waals surface area contributed by atoms with Crippen LogP contribution in [0.25, 0.3) is 27.8 Å². The SMILES string of the molecule is Cc1ccc2nnc(Sc3c[nH]c4ncc(-c5cnn(C)c5)cc34)n2n1. The molecule has 0 saturated heterocycles. The van der Waals surface area contributed by atoms with E-state index in [9.17, 15) is 0 Å². The van der Waals surface area contributed by atoms with Crippen LogP contribution in [-0.4, -0.2) is 39.6 Å². The molecule has 0 atom stereocenters. The molecule has 1 N–H and O–H groups in total. The fourth-order valence-corrected chi connectivity index (χ4v) is 3.70. The highest BCUT2D eigenvalue weighted by molar-refractivity contribution is 7.99. The first kappa shape index (κ1) is 15.1. The fraction of sp³-hybridized carbons (Fsp3) is 0.118. The quantitative estimate of drug-likeness (QED) is 0.531. The lowest BCUT2D eigenvalue weighted by Gasteiger charge is -2.01. The molecule has 5 aromatic heterocycles. The number of hydrogen-bond acceptors (Lipinski definition) is 6. The predicted octanol–water partition coefficient (Wildman–Crippen LogP) is 2.86. The first-order chi connectivity index (χ1) is 12.7. The smallest absolute Gasteiger partial charge is 0.217 e. The van der Waals surface area contributed by atoms with Gasteiger partial charge in [0, 0.05) is 47.0 Å². The van der Waals surface area contributed by atoms with Gasteiger partial charge in [-0.15, -0.1) is 10.2 Å². The van der Waals surface area contributed by atoms with E-state index in [1.54, 1.807) is 9.20 Å². The Morgan fingerprint density at radius 2 is 2.04 bits per heavy atom. The van der Waals surface area contributed by atoms with Crippen molar-refractivity contribution in [1.82, 2.24) is 39.6 Å². The van der Waals surface area contributed by atoms with E-state index in [-0.39, 0.29) is 0 Å². The summed E-state index contributed by atoms with van der Waals surface area (Å²) in [5.74, 6) is 0. The molecule has 5 heterocycles. The molecule has 0 aromatic carbocycles. The Morgan fingerprint density at radius 3 is 2.88 bits per heavy atom. The van der Waals surface area contributed by atoms with Crippen LogP contribution in [0.5, 0.6) is 0 Å². The Labute approximate surface area is 152 Å². The number of aryl methyl sites for hydroxylation is 2. The lowest BCUT2D eigenvalue weighted by atomic mass is 10.1. The van der Waals surface area contributed by atoms with Crippen LogP contribution >= 0.6 is 11.8 Å². The number of aromatic nitrogens is 8. The molecule has 0 amide bonds. The molecule has 128 valence electrons. The zero-order valence-electron chi connectivity index (χ0n) is 14.1. The molecule has 26 heavy (non-hydrogen) atoms. The second-order valence-electron chi connectivity index (χ2n) is 6.01. The van der Waals surface area contributed by atoms with Crippen molar-refractivity contribution < 1.29 is 0 Å². The molecule has 0 aliphatic heterocycles. The van der Waals surface area contributed by atoms with E-state index in [0.29, 0.717) is 0 Å². The minimum absolute atomic E-state index is 0.719. The van der Waals surface area contributed by atoms with Crippen LogP contribution in [-0.2, 0) is 7.05 Å². The summed E-state index contributed by atoms with van der Waals surface area (Å²) in [5.41, 5.74) is 4.53. The third-order valence-electron chi connectivity index (χ3n) is 4.10. The monoisotopic (exact) mass is 362 g/mol. The zero-order chi connectivity index (χ0) is 17.7. The predicted molar refractivity (Wildman–Crippen MR) is 97.9 cm³/mol. The fourth-order valence-electron chi connectivity index (χ4n) is 2.81. The van der Waals surface area contributed by atoms with Gasteiger partial charge in [-0.2, -0.15) is 14.7 Å². The Balaban J connectivity index is 1.59. The number of nitrogens with one attached hydrogen (secondary N) is 1. The van der Waals surface area contributed by atoms with Gasteiger partial charge in [0.1, 0.15) is 5.65 Å². The third-order valence-corrected chi connectivity index (χ3v) is 5.09. The van der Waals surface area contributed by atoms with E-state index in [2.05, 4.69) is 36.4 Å². The lowest BCUT2D eigenvalue weighted by Crippen LogP contribution is -1.95. The normalized spacial score (nSPS) is 11.6. The van der Waals surface area contributed by atoms with Crippen molar-refractivity contribution in [3.8, 4) is 11.1 Å². The first-order valence-electron chi connectivity index (χ1n) is 8.00. The number of fused-ring (bicyclic) bond motifs is 2. The molecular formula is C17H14N8S. The Kier molecular flexibility index (Phi) is 3.29. The molecular weight excluding hydrogens is 348 g/mol. The van der Waals surface area contributed by atoms with Crippen LogP contribution in [0.3, 0.4) is 0 Å². The van der Waals surface area contributed by atoms with Crippen LogP contribution < -0.4 is 0 Å². The van der Waals surface area contributed by atoms with Gasteiger partial charge in [-0.05, 0) is 36.9 Å². The summed E-state index contributed by atoms with van der Waals surface area (Å²) in [6.07, 6.45) is 7.59. The minimum Gasteiger partial charge on any atom is -0.345 e. The van der Waals surface area contributed by atoms with E-state index in [1.165, 1.54) is 11.8 Å². The van der Waals surface area contributed by atoms with Crippen molar-refractivity contribution in [1.29, 1.82) is 0 Å². The summed E-state index contributed by atoms with van der Waals surface area (Å²) in [7, 11) is 1.90. The van der Waals surface area contributed by atoms with Gasteiger partial charge in [-0.1, -0.05) is 0 Å². The number of nitrogens with zero attached hydrogens (tertiary/aromatic N) is 7. The molecule has 0 bridgehead atoms. The van der Waals surface area contributed by atoms with Crippen molar-refractivity contribution in [2.75, 3.05) is 0 Å². The topological polar surface area (TPSA) is 89.6 Å². The third kappa shape index (κ3) is 2.44. The Bertz CT molecular complexity index is 1250. The van der Waals surface area contributed by atoms with E-state index < -0.39 is 0 Å². The maximum absolute atomic E-state index is 4.53. The molecule has 8 nitrogen and oxygen atoms in total. The van der Waals surface area contributed by atoms with Crippen molar-refractivity contribution in [2.45, 2.75) is 17.0 Å². The summed E-state index contributed by atoms with van der Waals surface area (Å²) in [6.45, 7) is 1.95. The molecule has 0 saturated carbocycles. The maximum atomic E-state index is 4.53. The summed E-state index contributed by atoms with van der Waals surface area (Å²) in [5, 5.41) is 18.9. The largest absolute Gasteiger partial charge is 0.345 e. The van der Waals surface area contributed by atoms with Gasteiger partial charge in [0.2, 0.25) is 5.16 Å². The van der Waals surface area contributed by atoms with Gasteiger partial charge in [0.25, 0.3) is 0 Å². The van der Waals surface area contributed by atoms with Crippen LogP contribution in [0.1, 0.15) is 5.69 Å². The zero-order valence-corrected chi connectivity index (χ0v) is 14.9. The average Bonchev–Trinajstić information content (AvgIpc) is 3.35. The number of pyridine rings is 1. The number of rotatable bonds is 3. The number of hydrogen-bond donors (Lipinski definition) is 1. The van der Waals surface area contributed by atoms with E-state index in [4.69, 9.17) is 0 Å². The van der Waals surface area contributed by atoms with Crippen molar-refractivity contribution in [3.63, 3.8) is 0 Å². The van der Waals surface area contributed by atoms with Crippen LogP contribution in [0.15, 0.2) is 53.0 Å². The Hall–Kier alpha value is -3.20. The van der Waals surface area contributed by atoms with Crippen molar-refractivity contribution >= 4 is 28.4 Å². The van der Waals surface area contributed by atoms with Gasteiger partial charge in [-0.25, -0.2) is 4.98 Å².